The van der Waals surface area contributed by atoms with Crippen molar-refractivity contribution in [2.45, 2.75) is 84.5 Å². The summed E-state index contributed by atoms with van der Waals surface area (Å²) in [5.74, 6) is 0.368. The van der Waals surface area contributed by atoms with Crippen molar-refractivity contribution < 1.29 is 19.1 Å². The molecule has 42 heavy (non-hydrogen) atoms. The van der Waals surface area contributed by atoms with Gasteiger partial charge in [0, 0.05) is 42.0 Å². The lowest BCUT2D eigenvalue weighted by Crippen LogP contribution is -2.38. The number of nitrogens with zero attached hydrogens (tertiary/aromatic N) is 2. The number of methoxy groups -OCH3 is 1. The first-order valence-corrected chi connectivity index (χ1v) is 15.6. The van der Waals surface area contributed by atoms with E-state index in [0.29, 0.717) is 45.9 Å². The number of ether oxygens (including phenoxy) is 2. The molecular weight excluding hydrogens is 550 g/mol. The van der Waals surface area contributed by atoms with Crippen molar-refractivity contribution in [3.05, 3.63) is 65.4 Å². The number of benzene rings is 2. The van der Waals surface area contributed by atoms with Crippen LogP contribution in [-0.2, 0) is 11.3 Å². The van der Waals surface area contributed by atoms with Crippen molar-refractivity contribution >= 4 is 34.1 Å². The quantitative estimate of drug-likeness (QED) is 0.200. The molecule has 4 rings (SSSR count). The fourth-order valence-electron chi connectivity index (χ4n) is 5.30. The van der Waals surface area contributed by atoms with Crippen molar-refractivity contribution in [3.63, 3.8) is 0 Å². The van der Waals surface area contributed by atoms with Crippen molar-refractivity contribution in [1.29, 1.82) is 0 Å². The molecule has 3 amide bonds. The summed E-state index contributed by atoms with van der Waals surface area (Å²) >= 11 is 1.24. The van der Waals surface area contributed by atoms with Crippen LogP contribution in [0, 0.1) is 0 Å². The van der Waals surface area contributed by atoms with E-state index in [1.54, 1.807) is 25.4 Å². The molecule has 1 fully saturated rings. The van der Waals surface area contributed by atoms with E-state index in [4.69, 9.17) is 9.47 Å². The lowest BCUT2D eigenvalue weighted by Gasteiger charge is -2.39. The third-order valence-electron chi connectivity index (χ3n) is 7.62. The molecule has 1 unspecified atom stereocenters. The fourth-order valence-corrected chi connectivity index (χ4v) is 5.98. The number of nitrogens with one attached hydrogen (secondary N) is 3. The molecule has 0 spiro atoms. The Morgan fingerprint density at radius 2 is 1.83 bits per heavy atom. The maximum atomic E-state index is 13.0. The van der Waals surface area contributed by atoms with Gasteiger partial charge in [-0.05, 0) is 82.0 Å². The number of urea groups is 1. The highest BCUT2D eigenvalue weighted by molar-refractivity contribution is 7.17. The largest absolute Gasteiger partial charge is 0.445 e. The molecule has 1 aliphatic heterocycles. The minimum Gasteiger partial charge on any atom is -0.445 e. The smallest absolute Gasteiger partial charge is 0.319 e. The number of carbonyl (C=O) groups excluding carboxylic acids is 2. The maximum absolute atomic E-state index is 13.0. The Kier molecular flexibility index (Phi) is 11.3. The number of likely N-dealkylation sites (tertiary alicyclic amines) is 1. The number of amides is 3. The predicted molar refractivity (Wildman–Crippen MR) is 169 cm³/mol. The summed E-state index contributed by atoms with van der Waals surface area (Å²) in [6, 6.07) is 14.1. The standard InChI is InChI=1S/C32H43N5O4S/c1-6-25(7-2)34-31(39)35-26-15-16-28(24(18-26)20-40-5)41-29-19-33-32(42-29)36-30(38)23-13-11-22(12-14-23)27-10-8-9-17-37(27)21(3)4/h11-16,18-19,21,25,27H,6-10,17,20H2,1-5H3,(H,33,36,38)(H2,34,35,39). The molecule has 1 atom stereocenters. The zero-order valence-electron chi connectivity index (χ0n) is 25.2. The first-order chi connectivity index (χ1) is 20.3. The molecule has 2 aromatic carbocycles. The Morgan fingerprint density at radius 1 is 1.07 bits per heavy atom. The van der Waals surface area contributed by atoms with E-state index in [1.165, 1.54) is 29.7 Å². The van der Waals surface area contributed by atoms with E-state index in [-0.39, 0.29) is 18.0 Å². The SMILES string of the molecule is CCC(CC)NC(=O)Nc1ccc(Oc2cnc(NC(=O)c3ccc(C4CCCCN4C(C)C)cc3)s2)c(COC)c1. The summed E-state index contributed by atoms with van der Waals surface area (Å²) in [5.41, 5.74) is 3.25. The van der Waals surface area contributed by atoms with Crippen molar-refractivity contribution in [3.8, 4) is 10.8 Å². The van der Waals surface area contributed by atoms with Crippen molar-refractivity contribution in [2.75, 3.05) is 24.3 Å². The van der Waals surface area contributed by atoms with E-state index in [0.717, 1.165) is 31.4 Å². The highest BCUT2D eigenvalue weighted by Crippen LogP contribution is 2.35. The summed E-state index contributed by atoms with van der Waals surface area (Å²) in [5, 5.41) is 9.70. The minimum atomic E-state index is -0.246. The molecule has 1 saturated heterocycles. The Bertz CT molecular complexity index is 1320. The number of thiazole rings is 1. The van der Waals surface area contributed by atoms with Crippen LogP contribution in [0.2, 0.25) is 0 Å². The van der Waals surface area contributed by atoms with Crippen LogP contribution in [0.1, 0.15) is 87.3 Å². The number of piperidine rings is 1. The topological polar surface area (TPSA) is 105 Å². The summed E-state index contributed by atoms with van der Waals surface area (Å²) in [6.07, 6.45) is 6.93. The molecule has 0 bridgehead atoms. The average molecular weight is 594 g/mol. The van der Waals surface area contributed by atoms with Gasteiger partial charge < -0.3 is 20.1 Å². The lowest BCUT2D eigenvalue weighted by atomic mass is 9.93. The number of anilines is 2. The first kappa shape index (κ1) is 31.5. The molecule has 0 radical (unpaired) electrons. The van der Waals surface area contributed by atoms with Gasteiger partial charge in [0.2, 0.25) is 5.06 Å². The molecule has 9 nitrogen and oxygen atoms in total. The van der Waals surface area contributed by atoms with Gasteiger partial charge in [0.25, 0.3) is 5.91 Å². The van der Waals surface area contributed by atoms with Gasteiger partial charge in [-0.15, -0.1) is 0 Å². The number of hydrogen-bond acceptors (Lipinski definition) is 7. The number of aromatic nitrogens is 1. The molecule has 0 aliphatic carbocycles. The van der Waals surface area contributed by atoms with Gasteiger partial charge in [0.1, 0.15) is 5.75 Å². The molecule has 3 aromatic rings. The van der Waals surface area contributed by atoms with Crippen LogP contribution in [0.15, 0.2) is 48.7 Å². The maximum Gasteiger partial charge on any atom is 0.319 e. The Hall–Kier alpha value is -3.47. The van der Waals surface area contributed by atoms with Crippen LogP contribution in [0.4, 0.5) is 15.6 Å². The third-order valence-corrected chi connectivity index (χ3v) is 8.41. The highest BCUT2D eigenvalue weighted by atomic mass is 32.1. The summed E-state index contributed by atoms with van der Waals surface area (Å²) in [4.78, 5) is 32.2. The second-order valence-corrected chi connectivity index (χ2v) is 11.9. The van der Waals surface area contributed by atoms with E-state index in [9.17, 15) is 9.59 Å². The molecule has 2 heterocycles. The van der Waals surface area contributed by atoms with Crippen LogP contribution in [-0.4, -0.2) is 47.6 Å². The van der Waals surface area contributed by atoms with Gasteiger partial charge >= 0.3 is 6.03 Å². The van der Waals surface area contributed by atoms with Crippen molar-refractivity contribution in [1.82, 2.24) is 15.2 Å². The zero-order chi connectivity index (χ0) is 30.1. The van der Waals surface area contributed by atoms with Crippen LogP contribution in [0.5, 0.6) is 10.8 Å². The molecular formula is C32H43N5O4S. The van der Waals surface area contributed by atoms with Crippen molar-refractivity contribution in [2.24, 2.45) is 0 Å². The van der Waals surface area contributed by atoms with E-state index in [1.807, 2.05) is 32.0 Å². The summed E-state index contributed by atoms with van der Waals surface area (Å²) in [7, 11) is 1.60. The van der Waals surface area contributed by atoms with Gasteiger partial charge in [0.15, 0.2) is 5.13 Å². The van der Waals surface area contributed by atoms with Crippen LogP contribution >= 0.6 is 11.3 Å². The van der Waals surface area contributed by atoms with Gasteiger partial charge in [-0.2, -0.15) is 0 Å². The normalized spacial score (nSPS) is 15.5. The Balaban J connectivity index is 1.37. The van der Waals surface area contributed by atoms with Gasteiger partial charge in [-0.1, -0.05) is 43.7 Å². The van der Waals surface area contributed by atoms with E-state index in [2.05, 4.69) is 51.8 Å². The Morgan fingerprint density at radius 3 is 2.52 bits per heavy atom. The second kappa shape index (κ2) is 15.1. The predicted octanol–water partition coefficient (Wildman–Crippen LogP) is 7.58. The summed E-state index contributed by atoms with van der Waals surface area (Å²) in [6.45, 7) is 9.99. The first-order valence-electron chi connectivity index (χ1n) is 14.8. The van der Waals surface area contributed by atoms with Crippen LogP contribution in [0.25, 0.3) is 0 Å². The molecule has 0 saturated carbocycles. The van der Waals surface area contributed by atoms with Crippen LogP contribution in [0.3, 0.4) is 0 Å². The second-order valence-electron chi connectivity index (χ2n) is 10.9. The van der Waals surface area contributed by atoms with Gasteiger partial charge in [0.05, 0.1) is 12.8 Å². The third kappa shape index (κ3) is 8.30. The summed E-state index contributed by atoms with van der Waals surface area (Å²) < 4.78 is 11.4. The van der Waals surface area contributed by atoms with Gasteiger partial charge in [-0.3, -0.25) is 15.0 Å². The molecule has 226 valence electrons. The average Bonchev–Trinajstić information content (AvgIpc) is 3.43. The highest BCUT2D eigenvalue weighted by Gasteiger charge is 2.26. The number of rotatable bonds is 12. The molecule has 3 N–H and O–H groups in total. The lowest BCUT2D eigenvalue weighted by molar-refractivity contribution is 0.102. The number of hydrogen-bond donors (Lipinski definition) is 3. The Labute approximate surface area is 253 Å². The van der Waals surface area contributed by atoms with E-state index >= 15 is 0 Å². The van der Waals surface area contributed by atoms with E-state index < -0.39 is 0 Å². The van der Waals surface area contributed by atoms with Crippen LogP contribution < -0.4 is 20.7 Å². The molecule has 1 aliphatic rings. The number of carbonyl (C=O) groups is 2. The molecule has 10 heteroatoms. The fraction of sp³-hybridized carbons (Fsp3) is 0.469. The minimum absolute atomic E-state index is 0.128. The molecule has 1 aromatic heterocycles. The zero-order valence-corrected chi connectivity index (χ0v) is 26.1. The van der Waals surface area contributed by atoms with Gasteiger partial charge in [-0.25, -0.2) is 9.78 Å². The monoisotopic (exact) mass is 593 g/mol.